The van der Waals surface area contributed by atoms with Gasteiger partial charge in [0.05, 0.1) is 0 Å². The molecule has 0 aromatic heterocycles. The molecule has 0 aliphatic rings. The fourth-order valence-corrected chi connectivity index (χ4v) is 1.75. The Labute approximate surface area is 90.2 Å². The second kappa shape index (κ2) is 4.63. The summed E-state index contributed by atoms with van der Waals surface area (Å²) < 4.78 is 0.931. The van der Waals surface area contributed by atoms with Gasteiger partial charge in [-0.15, -0.1) is 0 Å². The molecule has 0 aliphatic carbocycles. The number of hydrogen-bond donors (Lipinski definition) is 1. The molecule has 13 heavy (non-hydrogen) atoms. The fraction of sp³-hybridized carbons (Fsp3) is 0.222. The summed E-state index contributed by atoms with van der Waals surface area (Å²) >= 11 is 9.23. The second-order valence-corrected chi connectivity index (χ2v) is 4.02. The van der Waals surface area contributed by atoms with Gasteiger partial charge in [-0.25, -0.2) is 0 Å². The first-order valence-electron chi connectivity index (χ1n) is 3.82. The Kier molecular flexibility index (Phi) is 3.75. The number of halogens is 2. The first-order chi connectivity index (χ1) is 6.09. The number of hydrogen-bond acceptors (Lipinski definition) is 1. The second-order valence-electron chi connectivity index (χ2n) is 2.70. The third-order valence-electron chi connectivity index (χ3n) is 1.66. The Morgan fingerprint density at radius 1 is 1.54 bits per heavy atom. The molecule has 70 valence electrons. The summed E-state index contributed by atoms with van der Waals surface area (Å²) in [6.45, 7) is 0. The molecule has 0 saturated heterocycles. The molecule has 0 atom stereocenters. The highest BCUT2D eigenvalue weighted by Crippen LogP contribution is 2.22. The molecule has 0 bridgehead atoms. The summed E-state index contributed by atoms with van der Waals surface area (Å²) in [5.41, 5.74) is 5.98. The summed E-state index contributed by atoms with van der Waals surface area (Å²) in [6, 6.07) is 5.58. The van der Waals surface area contributed by atoms with Crippen molar-refractivity contribution in [1.29, 1.82) is 0 Å². The number of primary amides is 1. The van der Waals surface area contributed by atoms with Gasteiger partial charge >= 0.3 is 0 Å². The van der Waals surface area contributed by atoms with Crippen molar-refractivity contribution >= 4 is 33.4 Å². The Hall–Kier alpha value is -0.540. The average Bonchev–Trinajstić information content (AvgIpc) is 2.02. The minimum atomic E-state index is -0.306. The summed E-state index contributed by atoms with van der Waals surface area (Å²) in [6.07, 6.45) is 0.933. The highest BCUT2D eigenvalue weighted by Gasteiger charge is 2.02. The predicted octanol–water partition coefficient (Wildman–Crippen LogP) is 2.52. The molecule has 2 nitrogen and oxygen atoms in total. The Morgan fingerprint density at radius 2 is 2.23 bits per heavy atom. The highest BCUT2D eigenvalue weighted by atomic mass is 79.9. The van der Waals surface area contributed by atoms with Crippen LogP contribution in [-0.4, -0.2) is 5.91 Å². The monoisotopic (exact) mass is 261 g/mol. The highest BCUT2D eigenvalue weighted by molar-refractivity contribution is 9.10. The van der Waals surface area contributed by atoms with Crippen LogP contribution in [-0.2, 0) is 11.2 Å². The third-order valence-corrected chi connectivity index (χ3v) is 2.50. The number of amides is 1. The van der Waals surface area contributed by atoms with E-state index in [9.17, 15) is 4.79 Å². The molecule has 0 fully saturated rings. The van der Waals surface area contributed by atoms with E-state index in [1.54, 1.807) is 6.07 Å². The Balaban J connectivity index is 2.72. The van der Waals surface area contributed by atoms with Crippen LogP contribution in [0.25, 0.3) is 0 Å². The first kappa shape index (κ1) is 10.5. The molecule has 4 heteroatoms. The number of carbonyl (C=O) groups excluding carboxylic acids is 1. The van der Waals surface area contributed by atoms with Crippen molar-refractivity contribution in [1.82, 2.24) is 0 Å². The van der Waals surface area contributed by atoms with E-state index in [0.29, 0.717) is 17.9 Å². The average molecular weight is 263 g/mol. The zero-order valence-corrected chi connectivity index (χ0v) is 9.23. The molecular formula is C9H9BrClNO. The molecule has 1 aromatic rings. The lowest BCUT2D eigenvalue weighted by molar-refractivity contribution is -0.117. The smallest absolute Gasteiger partial charge is 0.217 e. The molecule has 0 radical (unpaired) electrons. The summed E-state index contributed by atoms with van der Waals surface area (Å²) in [7, 11) is 0. The van der Waals surface area contributed by atoms with E-state index in [1.807, 2.05) is 12.1 Å². The van der Waals surface area contributed by atoms with Crippen LogP contribution in [0.15, 0.2) is 22.7 Å². The minimum absolute atomic E-state index is 0.306. The molecule has 0 aliphatic heterocycles. The lowest BCUT2D eigenvalue weighted by Gasteiger charge is -2.02. The maximum atomic E-state index is 10.5. The van der Waals surface area contributed by atoms with E-state index in [2.05, 4.69) is 15.9 Å². The van der Waals surface area contributed by atoms with Gasteiger partial charge in [0.1, 0.15) is 0 Å². The van der Waals surface area contributed by atoms with Gasteiger partial charge < -0.3 is 5.73 Å². The first-order valence-corrected chi connectivity index (χ1v) is 4.99. The van der Waals surface area contributed by atoms with Crippen LogP contribution in [0.5, 0.6) is 0 Å². The molecule has 2 N–H and O–H groups in total. The van der Waals surface area contributed by atoms with Crippen molar-refractivity contribution < 1.29 is 4.79 Å². The van der Waals surface area contributed by atoms with Crippen LogP contribution in [0.4, 0.5) is 0 Å². The number of benzene rings is 1. The van der Waals surface area contributed by atoms with E-state index in [4.69, 9.17) is 17.3 Å². The van der Waals surface area contributed by atoms with Gasteiger partial charge in [-0.2, -0.15) is 0 Å². The van der Waals surface area contributed by atoms with E-state index >= 15 is 0 Å². The molecule has 1 aromatic carbocycles. The van der Waals surface area contributed by atoms with Gasteiger partial charge in [0, 0.05) is 15.9 Å². The molecule has 1 amide bonds. The zero-order chi connectivity index (χ0) is 9.84. The predicted molar refractivity (Wildman–Crippen MR) is 56.7 cm³/mol. The quantitative estimate of drug-likeness (QED) is 0.894. The van der Waals surface area contributed by atoms with Crippen LogP contribution in [0.2, 0.25) is 5.02 Å². The normalized spacial score (nSPS) is 10.0. The van der Waals surface area contributed by atoms with Gasteiger partial charge in [0.2, 0.25) is 5.91 Å². The van der Waals surface area contributed by atoms with Crippen molar-refractivity contribution in [2.75, 3.05) is 0 Å². The number of aryl methyl sites for hydroxylation is 1. The van der Waals surface area contributed by atoms with Crippen LogP contribution < -0.4 is 5.73 Å². The van der Waals surface area contributed by atoms with Crippen LogP contribution >= 0.6 is 27.5 Å². The van der Waals surface area contributed by atoms with E-state index in [-0.39, 0.29) is 5.91 Å². The maximum Gasteiger partial charge on any atom is 0.217 e. The number of nitrogens with two attached hydrogens (primary N) is 1. The fourth-order valence-electron chi connectivity index (χ4n) is 0.982. The Bertz CT molecular complexity index is 327. The molecule has 1 rings (SSSR count). The minimum Gasteiger partial charge on any atom is -0.370 e. The molecule has 0 saturated carbocycles. The SMILES string of the molecule is NC(=O)CCc1ccc(Br)cc1Cl. The lowest BCUT2D eigenvalue weighted by atomic mass is 10.1. The lowest BCUT2D eigenvalue weighted by Crippen LogP contribution is -2.11. The van der Waals surface area contributed by atoms with Crippen molar-refractivity contribution in [2.45, 2.75) is 12.8 Å². The maximum absolute atomic E-state index is 10.5. The van der Waals surface area contributed by atoms with Crippen molar-refractivity contribution in [3.05, 3.63) is 33.3 Å². The third kappa shape index (κ3) is 3.36. The summed E-state index contributed by atoms with van der Waals surface area (Å²) in [4.78, 5) is 10.5. The van der Waals surface area contributed by atoms with Crippen molar-refractivity contribution in [3.63, 3.8) is 0 Å². The number of carbonyl (C=O) groups is 1. The van der Waals surface area contributed by atoms with Crippen molar-refractivity contribution in [2.24, 2.45) is 5.73 Å². The van der Waals surface area contributed by atoms with Gasteiger partial charge in [-0.05, 0) is 24.1 Å². The molecular weight excluding hydrogens is 253 g/mol. The van der Waals surface area contributed by atoms with E-state index in [0.717, 1.165) is 10.0 Å². The van der Waals surface area contributed by atoms with Crippen LogP contribution in [0.3, 0.4) is 0 Å². The molecule has 0 unspecified atom stereocenters. The summed E-state index contributed by atoms with van der Waals surface area (Å²) in [5.74, 6) is -0.306. The van der Waals surface area contributed by atoms with Gasteiger partial charge in [0.25, 0.3) is 0 Å². The number of rotatable bonds is 3. The van der Waals surface area contributed by atoms with E-state index in [1.165, 1.54) is 0 Å². The molecule has 0 heterocycles. The zero-order valence-electron chi connectivity index (χ0n) is 6.89. The summed E-state index contributed by atoms with van der Waals surface area (Å²) in [5, 5.41) is 0.663. The van der Waals surface area contributed by atoms with E-state index < -0.39 is 0 Å². The molecule has 0 spiro atoms. The van der Waals surface area contributed by atoms with Crippen LogP contribution in [0, 0.1) is 0 Å². The topological polar surface area (TPSA) is 43.1 Å². The van der Waals surface area contributed by atoms with Gasteiger partial charge in [0.15, 0.2) is 0 Å². The van der Waals surface area contributed by atoms with Crippen molar-refractivity contribution in [3.8, 4) is 0 Å². The Morgan fingerprint density at radius 3 is 2.77 bits per heavy atom. The van der Waals surface area contributed by atoms with Gasteiger partial charge in [-0.1, -0.05) is 33.6 Å². The standard InChI is InChI=1S/C9H9BrClNO/c10-7-3-1-6(8(11)5-7)2-4-9(12)13/h1,3,5H,2,4H2,(H2,12,13). The van der Waals surface area contributed by atoms with Gasteiger partial charge in [-0.3, -0.25) is 4.79 Å². The largest absolute Gasteiger partial charge is 0.370 e. The van der Waals surface area contributed by atoms with Crippen LogP contribution in [0.1, 0.15) is 12.0 Å².